The maximum absolute atomic E-state index is 12.5. The lowest BCUT2D eigenvalue weighted by molar-refractivity contribution is -0.160. The van der Waals surface area contributed by atoms with Crippen LogP contribution in [-0.2, 0) is 14.3 Å². The summed E-state index contributed by atoms with van der Waals surface area (Å²) >= 11 is 1.59. The van der Waals surface area contributed by atoms with Crippen molar-refractivity contribution in [1.82, 2.24) is 0 Å². The van der Waals surface area contributed by atoms with Crippen LogP contribution in [0.1, 0.15) is 66.1 Å². The quantitative estimate of drug-likeness (QED) is 0.350. The Morgan fingerprint density at radius 1 is 1.23 bits per heavy atom. The maximum Gasteiger partial charge on any atom is 0.311 e. The molecule has 2 atom stereocenters. The van der Waals surface area contributed by atoms with Crippen molar-refractivity contribution in [1.29, 1.82) is 0 Å². The van der Waals surface area contributed by atoms with E-state index in [1.165, 1.54) is 11.1 Å². The Bertz CT molecular complexity index is 786. The first-order valence-corrected chi connectivity index (χ1v) is 11.5. The molecule has 0 saturated carbocycles. The van der Waals surface area contributed by atoms with Crippen LogP contribution in [0.25, 0.3) is 0 Å². The van der Waals surface area contributed by atoms with Crippen LogP contribution in [0, 0.1) is 5.41 Å². The molecule has 0 radical (unpaired) electrons. The topological polar surface area (TPSA) is 47.9 Å². The molecule has 0 fully saturated rings. The van der Waals surface area contributed by atoms with Crippen molar-refractivity contribution in [3.63, 3.8) is 0 Å². The minimum absolute atomic E-state index is 0.232. The van der Waals surface area contributed by atoms with Crippen LogP contribution in [-0.4, -0.2) is 29.6 Å². The molecule has 0 aliphatic carbocycles. The lowest BCUT2D eigenvalue weighted by atomic mass is 9.96. The molecule has 0 bridgehead atoms. The second-order valence-corrected chi connectivity index (χ2v) is 9.91. The molecule has 1 aliphatic heterocycles. The van der Waals surface area contributed by atoms with Crippen LogP contribution in [0.2, 0.25) is 0 Å². The Labute approximate surface area is 185 Å². The number of hydrogen-bond donors (Lipinski definition) is 0. The van der Waals surface area contributed by atoms with E-state index in [2.05, 4.69) is 32.9 Å². The highest BCUT2D eigenvalue weighted by atomic mass is 32.2. The number of rotatable bonds is 8. The van der Waals surface area contributed by atoms with Crippen LogP contribution in [0.15, 0.2) is 58.6 Å². The zero-order chi connectivity index (χ0) is 22.1. The minimum atomic E-state index is -0.568. The van der Waals surface area contributed by atoms with E-state index < -0.39 is 11.5 Å². The molecule has 1 aromatic rings. The number of esters is 1. The number of benzene rings is 1. The zero-order valence-electron chi connectivity index (χ0n) is 19.1. The summed E-state index contributed by atoms with van der Waals surface area (Å²) in [5.74, 6) is 0.590. The molecule has 1 heterocycles. The lowest BCUT2D eigenvalue weighted by Gasteiger charge is -2.25. The fourth-order valence-corrected chi connectivity index (χ4v) is 3.72. The van der Waals surface area contributed by atoms with Gasteiger partial charge in [-0.25, -0.2) is 4.99 Å². The van der Waals surface area contributed by atoms with Crippen LogP contribution in [0.4, 0.5) is 0 Å². The van der Waals surface area contributed by atoms with E-state index in [1.54, 1.807) is 11.8 Å². The van der Waals surface area contributed by atoms with Crippen molar-refractivity contribution in [2.75, 3.05) is 12.4 Å². The van der Waals surface area contributed by atoms with E-state index in [0.29, 0.717) is 11.8 Å². The summed E-state index contributed by atoms with van der Waals surface area (Å²) in [5.41, 5.74) is 3.10. The molecule has 4 nitrogen and oxygen atoms in total. The van der Waals surface area contributed by atoms with E-state index >= 15 is 0 Å². The first-order valence-electron chi connectivity index (χ1n) is 10.5. The predicted octanol–water partition coefficient (Wildman–Crippen LogP) is 6.50. The average Bonchev–Trinajstić information content (AvgIpc) is 3.14. The van der Waals surface area contributed by atoms with E-state index in [0.717, 1.165) is 24.2 Å². The van der Waals surface area contributed by atoms with Gasteiger partial charge in [0.1, 0.15) is 12.6 Å². The minimum Gasteiger partial charge on any atom is -0.471 e. The summed E-state index contributed by atoms with van der Waals surface area (Å²) < 4.78 is 11.7. The van der Waals surface area contributed by atoms with E-state index in [1.807, 2.05) is 51.1 Å². The van der Waals surface area contributed by atoms with Gasteiger partial charge >= 0.3 is 5.97 Å². The third-order valence-corrected chi connectivity index (χ3v) is 5.51. The molecule has 30 heavy (non-hydrogen) atoms. The molecule has 5 heteroatoms. The third-order valence-electron chi connectivity index (χ3n) is 4.70. The number of carbonyl (C=O) groups excluding carboxylic acids is 1. The van der Waals surface area contributed by atoms with Crippen LogP contribution in [0.5, 0.6) is 0 Å². The van der Waals surface area contributed by atoms with Gasteiger partial charge in [0.05, 0.1) is 5.41 Å². The second kappa shape index (κ2) is 11.4. The molecule has 2 rings (SSSR count). The van der Waals surface area contributed by atoms with Gasteiger partial charge in [0, 0.05) is 5.75 Å². The highest BCUT2D eigenvalue weighted by Crippen LogP contribution is 2.31. The Balaban J connectivity index is 2.00. The van der Waals surface area contributed by atoms with Crippen LogP contribution in [0.3, 0.4) is 0 Å². The van der Waals surface area contributed by atoms with Crippen molar-refractivity contribution >= 4 is 23.0 Å². The number of hydrogen-bond acceptors (Lipinski definition) is 5. The summed E-state index contributed by atoms with van der Waals surface area (Å²) in [6, 6.07) is 9.56. The summed E-state index contributed by atoms with van der Waals surface area (Å²) in [6.07, 6.45) is 6.20. The summed E-state index contributed by atoms with van der Waals surface area (Å²) in [7, 11) is 0. The number of thioether (sulfide) groups is 1. The van der Waals surface area contributed by atoms with Gasteiger partial charge in [-0.1, -0.05) is 65.4 Å². The van der Waals surface area contributed by atoms with Gasteiger partial charge in [-0.3, -0.25) is 4.79 Å². The largest absolute Gasteiger partial charge is 0.471 e. The summed E-state index contributed by atoms with van der Waals surface area (Å²) in [5, 5.41) is 0.668. The summed E-state index contributed by atoms with van der Waals surface area (Å²) in [4.78, 5) is 17.3. The van der Waals surface area contributed by atoms with E-state index in [-0.39, 0.29) is 12.0 Å². The first kappa shape index (κ1) is 24.3. The molecule has 0 aromatic heterocycles. The molecule has 0 saturated heterocycles. The van der Waals surface area contributed by atoms with E-state index in [4.69, 9.17) is 14.5 Å². The van der Waals surface area contributed by atoms with Gasteiger partial charge in [-0.05, 0) is 59.9 Å². The first-order chi connectivity index (χ1) is 14.2. The predicted molar refractivity (Wildman–Crippen MR) is 127 cm³/mol. The van der Waals surface area contributed by atoms with Crippen LogP contribution < -0.4 is 0 Å². The number of aliphatic imine (C=N–C) groups is 1. The molecule has 1 aliphatic rings. The highest BCUT2D eigenvalue weighted by Gasteiger charge is 2.35. The molecule has 1 aromatic carbocycles. The number of allylic oxidation sites excluding steroid dienone is 3. The fraction of sp³-hybridized carbons (Fsp3) is 0.520. The highest BCUT2D eigenvalue weighted by molar-refractivity contribution is 8.13. The van der Waals surface area contributed by atoms with Gasteiger partial charge < -0.3 is 9.47 Å². The van der Waals surface area contributed by atoms with Crippen molar-refractivity contribution in [3.05, 3.63) is 59.2 Å². The standard InChI is InChI=1S/C25H35NO3S/c1-18(2)11-10-12-19(3)15-16-30-24-26-21(17-28-24)22(20-13-8-7-9-14-20)29-23(27)25(4,5)6/h7-9,11,13-15,21-22H,10,12,16-17H2,1-6H3/b19-15+/t21-,22?/m0/s1. The van der Waals surface area contributed by atoms with Gasteiger partial charge in [0.15, 0.2) is 6.10 Å². The molecule has 164 valence electrons. The van der Waals surface area contributed by atoms with Crippen molar-refractivity contribution in [2.45, 2.75) is 66.5 Å². The molecular weight excluding hydrogens is 394 g/mol. The Kier molecular flexibility index (Phi) is 9.22. The van der Waals surface area contributed by atoms with Gasteiger partial charge in [-0.15, -0.1) is 0 Å². The maximum atomic E-state index is 12.5. The average molecular weight is 430 g/mol. The summed E-state index contributed by atoms with van der Waals surface area (Å²) in [6.45, 7) is 12.4. The second-order valence-electron chi connectivity index (χ2n) is 8.94. The fourth-order valence-electron chi connectivity index (χ4n) is 2.85. The zero-order valence-corrected chi connectivity index (χ0v) is 19.9. The molecule has 1 unspecified atom stereocenters. The SMILES string of the molecule is CC(C)=CCC/C(C)=C/CSC1=N[C@H](C(OC(=O)C(C)(C)C)c2ccccc2)CO1. The van der Waals surface area contributed by atoms with Crippen LogP contribution >= 0.6 is 11.8 Å². The molecule has 0 amide bonds. The Morgan fingerprint density at radius 3 is 2.57 bits per heavy atom. The van der Waals surface area contributed by atoms with Gasteiger partial charge in [0.2, 0.25) is 5.23 Å². The van der Waals surface area contributed by atoms with E-state index in [9.17, 15) is 4.79 Å². The number of nitrogens with zero attached hydrogens (tertiary/aromatic N) is 1. The van der Waals surface area contributed by atoms with Gasteiger partial charge in [-0.2, -0.15) is 0 Å². The molecular formula is C25H35NO3S. The Hall–Kier alpha value is -2.01. The molecule has 0 N–H and O–H groups in total. The van der Waals surface area contributed by atoms with Crippen molar-refractivity contribution in [3.8, 4) is 0 Å². The number of ether oxygens (including phenoxy) is 2. The Morgan fingerprint density at radius 2 is 1.93 bits per heavy atom. The van der Waals surface area contributed by atoms with Crippen molar-refractivity contribution < 1.29 is 14.3 Å². The monoisotopic (exact) mass is 429 g/mol. The normalized spacial score (nSPS) is 17.7. The number of carbonyl (C=O) groups is 1. The van der Waals surface area contributed by atoms with Crippen molar-refractivity contribution in [2.24, 2.45) is 10.4 Å². The third kappa shape index (κ3) is 8.02. The van der Waals surface area contributed by atoms with Gasteiger partial charge in [0.25, 0.3) is 0 Å². The smallest absolute Gasteiger partial charge is 0.311 e. The lowest BCUT2D eigenvalue weighted by Crippen LogP contribution is -2.30. The molecule has 0 spiro atoms.